The molecule has 1 aromatic rings. The Morgan fingerprint density at radius 3 is 2.32 bits per heavy atom. The van der Waals surface area contributed by atoms with Gasteiger partial charge in [-0.1, -0.05) is 6.07 Å². The van der Waals surface area contributed by atoms with E-state index in [9.17, 15) is 18.4 Å². The van der Waals surface area contributed by atoms with Crippen molar-refractivity contribution in [2.45, 2.75) is 25.4 Å². The second-order valence-corrected chi connectivity index (χ2v) is 4.14. The first kappa shape index (κ1) is 15.0. The third-order valence-corrected chi connectivity index (χ3v) is 2.55. The van der Waals surface area contributed by atoms with E-state index in [1.807, 2.05) is 0 Å². The maximum absolute atomic E-state index is 13.5. The molecule has 0 aliphatic carbocycles. The van der Waals surface area contributed by atoms with Gasteiger partial charge in [-0.2, -0.15) is 0 Å². The predicted octanol–water partition coefficient (Wildman–Crippen LogP) is 0.345. The van der Waals surface area contributed by atoms with Gasteiger partial charge >= 0.3 is 0 Å². The van der Waals surface area contributed by atoms with Crippen LogP contribution in [0.2, 0.25) is 0 Å². The SMILES string of the molecule is CC(NC(=O)C(N)CC(N)=O)c1c(F)cccc1F. The van der Waals surface area contributed by atoms with Gasteiger partial charge in [-0.3, -0.25) is 9.59 Å². The van der Waals surface area contributed by atoms with Gasteiger partial charge in [-0.15, -0.1) is 0 Å². The van der Waals surface area contributed by atoms with Gasteiger partial charge in [0.15, 0.2) is 0 Å². The number of hydrogen-bond donors (Lipinski definition) is 3. The van der Waals surface area contributed by atoms with Crippen molar-refractivity contribution in [3.63, 3.8) is 0 Å². The zero-order valence-electron chi connectivity index (χ0n) is 10.3. The van der Waals surface area contributed by atoms with E-state index >= 15 is 0 Å². The first-order valence-electron chi connectivity index (χ1n) is 5.61. The van der Waals surface area contributed by atoms with Crippen LogP contribution < -0.4 is 16.8 Å². The Kier molecular flexibility index (Phi) is 4.94. The molecule has 0 heterocycles. The highest BCUT2D eigenvalue weighted by Gasteiger charge is 2.21. The van der Waals surface area contributed by atoms with Crippen LogP contribution in [0.4, 0.5) is 8.78 Å². The molecule has 19 heavy (non-hydrogen) atoms. The summed E-state index contributed by atoms with van der Waals surface area (Å²) < 4.78 is 26.9. The summed E-state index contributed by atoms with van der Waals surface area (Å²) in [5, 5.41) is 2.33. The Balaban J connectivity index is 2.77. The topological polar surface area (TPSA) is 98.2 Å². The minimum atomic E-state index is -1.14. The maximum atomic E-state index is 13.5. The molecule has 2 unspecified atom stereocenters. The lowest BCUT2D eigenvalue weighted by Gasteiger charge is -2.18. The van der Waals surface area contributed by atoms with E-state index in [-0.39, 0.29) is 12.0 Å². The van der Waals surface area contributed by atoms with Crippen molar-refractivity contribution in [2.24, 2.45) is 11.5 Å². The van der Waals surface area contributed by atoms with E-state index < -0.39 is 35.5 Å². The van der Waals surface area contributed by atoms with Gasteiger partial charge in [0.25, 0.3) is 0 Å². The largest absolute Gasteiger partial charge is 0.370 e. The summed E-state index contributed by atoms with van der Waals surface area (Å²) >= 11 is 0. The third-order valence-electron chi connectivity index (χ3n) is 2.55. The second kappa shape index (κ2) is 6.24. The number of halogens is 2. The standard InChI is InChI=1S/C12H15F2N3O2/c1-6(11-7(13)3-2-4-8(11)14)17-12(19)9(15)5-10(16)18/h2-4,6,9H,5,15H2,1H3,(H2,16,18)(H,17,19). The van der Waals surface area contributed by atoms with Crippen molar-refractivity contribution in [2.75, 3.05) is 0 Å². The fraction of sp³-hybridized carbons (Fsp3) is 0.333. The van der Waals surface area contributed by atoms with Gasteiger partial charge in [0, 0.05) is 5.56 Å². The number of nitrogens with one attached hydrogen (secondary N) is 1. The minimum absolute atomic E-state index is 0.262. The summed E-state index contributed by atoms with van der Waals surface area (Å²) in [5.41, 5.74) is 10.1. The van der Waals surface area contributed by atoms with E-state index in [1.54, 1.807) is 0 Å². The number of benzene rings is 1. The molecule has 0 aliphatic rings. The van der Waals surface area contributed by atoms with Crippen molar-refractivity contribution in [3.8, 4) is 0 Å². The average molecular weight is 271 g/mol. The van der Waals surface area contributed by atoms with Gasteiger partial charge in [0.2, 0.25) is 11.8 Å². The molecule has 0 bridgehead atoms. The maximum Gasteiger partial charge on any atom is 0.237 e. The first-order valence-corrected chi connectivity index (χ1v) is 5.61. The minimum Gasteiger partial charge on any atom is -0.370 e. The molecule has 104 valence electrons. The molecule has 5 N–H and O–H groups in total. The van der Waals surface area contributed by atoms with E-state index in [4.69, 9.17) is 11.5 Å². The number of rotatable bonds is 5. The molecule has 5 nitrogen and oxygen atoms in total. The fourth-order valence-corrected chi connectivity index (χ4v) is 1.63. The lowest BCUT2D eigenvalue weighted by Crippen LogP contribution is -2.44. The smallest absolute Gasteiger partial charge is 0.237 e. The van der Waals surface area contributed by atoms with Gasteiger partial charge in [0.1, 0.15) is 11.6 Å². The summed E-state index contributed by atoms with van der Waals surface area (Å²) in [5.74, 6) is -2.96. The van der Waals surface area contributed by atoms with Crippen LogP contribution in [0.25, 0.3) is 0 Å². The average Bonchev–Trinajstić information content (AvgIpc) is 2.27. The lowest BCUT2D eigenvalue weighted by atomic mass is 10.1. The van der Waals surface area contributed by atoms with Crippen LogP contribution in [0.5, 0.6) is 0 Å². The van der Waals surface area contributed by atoms with Crippen LogP contribution in [0.1, 0.15) is 24.9 Å². The van der Waals surface area contributed by atoms with Crippen molar-refractivity contribution >= 4 is 11.8 Å². The molecule has 7 heteroatoms. The van der Waals surface area contributed by atoms with Crippen LogP contribution in [0.3, 0.4) is 0 Å². The molecule has 1 rings (SSSR count). The van der Waals surface area contributed by atoms with E-state index in [2.05, 4.69) is 5.32 Å². The number of amides is 2. The zero-order chi connectivity index (χ0) is 14.6. The zero-order valence-corrected chi connectivity index (χ0v) is 10.3. The number of nitrogens with two attached hydrogens (primary N) is 2. The van der Waals surface area contributed by atoms with Crippen LogP contribution in [0.15, 0.2) is 18.2 Å². The molecule has 0 saturated heterocycles. The summed E-state index contributed by atoms with van der Waals surface area (Å²) in [7, 11) is 0. The molecule has 0 spiro atoms. The van der Waals surface area contributed by atoms with Crippen LogP contribution in [0, 0.1) is 11.6 Å². The summed E-state index contributed by atoms with van der Waals surface area (Å²) in [6.07, 6.45) is -0.335. The Morgan fingerprint density at radius 2 is 1.84 bits per heavy atom. The summed E-state index contributed by atoms with van der Waals surface area (Å²) in [4.78, 5) is 22.2. The number of hydrogen-bond acceptors (Lipinski definition) is 3. The van der Waals surface area contributed by atoms with E-state index in [0.717, 1.165) is 12.1 Å². The Bertz CT molecular complexity index is 474. The van der Waals surface area contributed by atoms with Gasteiger partial charge in [-0.05, 0) is 19.1 Å². The molecule has 0 aromatic heterocycles. The highest BCUT2D eigenvalue weighted by Crippen LogP contribution is 2.20. The Hall–Kier alpha value is -2.02. The molecule has 2 amide bonds. The molecule has 1 aromatic carbocycles. The van der Waals surface area contributed by atoms with Crippen molar-refractivity contribution in [1.82, 2.24) is 5.32 Å². The fourth-order valence-electron chi connectivity index (χ4n) is 1.63. The summed E-state index contributed by atoms with van der Waals surface area (Å²) in [6, 6.07) is 1.35. The number of carbonyl (C=O) groups is 2. The van der Waals surface area contributed by atoms with Crippen LogP contribution >= 0.6 is 0 Å². The third kappa shape index (κ3) is 3.99. The molecule has 0 fully saturated rings. The number of primary amides is 1. The summed E-state index contributed by atoms with van der Waals surface area (Å²) in [6.45, 7) is 1.41. The molecular formula is C12H15F2N3O2. The highest BCUT2D eigenvalue weighted by atomic mass is 19.1. The molecule has 0 radical (unpaired) electrons. The second-order valence-electron chi connectivity index (χ2n) is 4.14. The monoisotopic (exact) mass is 271 g/mol. The van der Waals surface area contributed by atoms with Gasteiger partial charge in [-0.25, -0.2) is 8.78 Å². The van der Waals surface area contributed by atoms with Gasteiger partial charge < -0.3 is 16.8 Å². The van der Waals surface area contributed by atoms with E-state index in [0.29, 0.717) is 0 Å². The van der Waals surface area contributed by atoms with E-state index in [1.165, 1.54) is 13.0 Å². The van der Waals surface area contributed by atoms with Crippen LogP contribution in [-0.2, 0) is 9.59 Å². The van der Waals surface area contributed by atoms with Crippen molar-refractivity contribution < 1.29 is 18.4 Å². The highest BCUT2D eigenvalue weighted by molar-refractivity contribution is 5.87. The normalized spacial score (nSPS) is 13.7. The molecule has 0 saturated carbocycles. The van der Waals surface area contributed by atoms with Crippen molar-refractivity contribution in [3.05, 3.63) is 35.4 Å². The van der Waals surface area contributed by atoms with Crippen LogP contribution in [-0.4, -0.2) is 17.9 Å². The Morgan fingerprint density at radius 1 is 1.32 bits per heavy atom. The van der Waals surface area contributed by atoms with Gasteiger partial charge in [0.05, 0.1) is 18.5 Å². The molecule has 2 atom stereocenters. The molecule has 0 aliphatic heterocycles. The number of carbonyl (C=O) groups excluding carboxylic acids is 2. The Labute approximate surface area is 109 Å². The predicted molar refractivity (Wildman–Crippen MR) is 64.7 cm³/mol. The lowest BCUT2D eigenvalue weighted by molar-refractivity contribution is -0.126. The van der Waals surface area contributed by atoms with Crippen molar-refractivity contribution in [1.29, 1.82) is 0 Å². The first-order chi connectivity index (χ1) is 8.82. The molecular weight excluding hydrogens is 256 g/mol. The quantitative estimate of drug-likeness (QED) is 0.720.